The topological polar surface area (TPSA) is 63.6 Å². The molecule has 0 saturated heterocycles. The maximum atomic E-state index is 12.6. The number of ether oxygens (including phenoxy) is 1. The third kappa shape index (κ3) is 6.52. The average Bonchev–Trinajstić information content (AvgIpc) is 2.52. The molecule has 0 radical (unpaired) electrons. The Morgan fingerprint density at radius 3 is 2.22 bits per heavy atom. The van der Waals surface area contributed by atoms with Crippen LogP contribution < -0.4 is 0 Å². The molecule has 4 heteroatoms. The number of carboxylic acid groups (broad SMARTS) is 1. The summed E-state index contributed by atoms with van der Waals surface area (Å²) in [4.78, 5) is 23.9. The Kier molecular flexibility index (Phi) is 8.64. The van der Waals surface area contributed by atoms with Gasteiger partial charge in [-0.1, -0.05) is 53.4 Å². The number of carbonyl (C=O) groups is 2. The minimum atomic E-state index is -0.855. The van der Waals surface area contributed by atoms with Crippen LogP contribution in [0.5, 0.6) is 0 Å². The van der Waals surface area contributed by atoms with Crippen molar-refractivity contribution in [3.05, 3.63) is 0 Å². The standard InChI is InChI=1S/C19H34O4/c1-5-14(4)17(12-8-9-13(2)3)23-19(22)16-11-7-6-10-15(16)18(20)21/h13-17H,5-12H2,1-4H3,(H,20,21). The van der Waals surface area contributed by atoms with Crippen molar-refractivity contribution in [3.8, 4) is 0 Å². The lowest BCUT2D eigenvalue weighted by atomic mass is 9.79. The fourth-order valence-corrected chi connectivity index (χ4v) is 3.39. The summed E-state index contributed by atoms with van der Waals surface area (Å²) in [5.41, 5.74) is 0. The molecule has 1 aliphatic carbocycles. The van der Waals surface area contributed by atoms with Gasteiger partial charge in [-0.3, -0.25) is 9.59 Å². The largest absolute Gasteiger partial charge is 0.481 e. The van der Waals surface area contributed by atoms with Gasteiger partial charge in [0, 0.05) is 0 Å². The first-order valence-electron chi connectivity index (χ1n) is 9.30. The molecular formula is C19H34O4. The van der Waals surface area contributed by atoms with Crippen molar-refractivity contribution in [2.45, 2.75) is 85.2 Å². The molecule has 4 nitrogen and oxygen atoms in total. The van der Waals surface area contributed by atoms with Gasteiger partial charge in [0.05, 0.1) is 11.8 Å². The summed E-state index contributed by atoms with van der Waals surface area (Å²) in [5.74, 6) is -1.20. The quantitative estimate of drug-likeness (QED) is 0.626. The Labute approximate surface area is 141 Å². The molecule has 0 amide bonds. The van der Waals surface area contributed by atoms with E-state index in [9.17, 15) is 14.7 Å². The fraction of sp³-hybridized carbons (Fsp3) is 0.895. The van der Waals surface area contributed by atoms with Gasteiger partial charge in [0.15, 0.2) is 0 Å². The van der Waals surface area contributed by atoms with Gasteiger partial charge in [-0.2, -0.15) is 0 Å². The second kappa shape index (κ2) is 9.94. The van der Waals surface area contributed by atoms with Gasteiger partial charge in [0.25, 0.3) is 0 Å². The highest BCUT2D eigenvalue weighted by atomic mass is 16.5. The molecule has 134 valence electrons. The maximum absolute atomic E-state index is 12.6. The van der Waals surface area contributed by atoms with Crippen LogP contribution in [0, 0.1) is 23.7 Å². The van der Waals surface area contributed by atoms with Crippen LogP contribution in [0.2, 0.25) is 0 Å². The van der Waals surface area contributed by atoms with Crippen molar-refractivity contribution in [1.82, 2.24) is 0 Å². The smallest absolute Gasteiger partial charge is 0.310 e. The zero-order valence-electron chi connectivity index (χ0n) is 15.2. The molecular weight excluding hydrogens is 292 g/mol. The molecule has 23 heavy (non-hydrogen) atoms. The number of hydrogen-bond acceptors (Lipinski definition) is 3. The van der Waals surface area contributed by atoms with Crippen LogP contribution in [0.3, 0.4) is 0 Å². The van der Waals surface area contributed by atoms with Crippen LogP contribution in [0.15, 0.2) is 0 Å². The van der Waals surface area contributed by atoms with E-state index in [2.05, 4.69) is 27.7 Å². The Bertz CT molecular complexity index is 378. The molecule has 0 heterocycles. The third-order valence-corrected chi connectivity index (χ3v) is 5.20. The molecule has 1 aliphatic rings. The molecule has 0 bridgehead atoms. The predicted molar refractivity (Wildman–Crippen MR) is 91.1 cm³/mol. The van der Waals surface area contributed by atoms with Crippen LogP contribution >= 0.6 is 0 Å². The Morgan fingerprint density at radius 1 is 1.09 bits per heavy atom. The number of aliphatic carboxylic acids is 1. The van der Waals surface area contributed by atoms with E-state index in [0.717, 1.165) is 38.5 Å². The summed E-state index contributed by atoms with van der Waals surface area (Å²) in [6, 6.07) is 0. The van der Waals surface area contributed by atoms with Crippen molar-refractivity contribution < 1.29 is 19.4 Å². The highest BCUT2D eigenvalue weighted by molar-refractivity contribution is 5.81. The predicted octanol–water partition coefficient (Wildman–Crippen LogP) is 4.66. The van der Waals surface area contributed by atoms with Crippen LogP contribution in [0.25, 0.3) is 0 Å². The monoisotopic (exact) mass is 326 g/mol. The van der Waals surface area contributed by atoms with E-state index in [1.165, 1.54) is 0 Å². The van der Waals surface area contributed by atoms with Gasteiger partial charge in [-0.05, 0) is 37.5 Å². The normalized spacial score (nSPS) is 24.2. The first-order chi connectivity index (χ1) is 10.9. The van der Waals surface area contributed by atoms with Crippen molar-refractivity contribution in [1.29, 1.82) is 0 Å². The molecule has 1 N–H and O–H groups in total. The Morgan fingerprint density at radius 2 is 1.70 bits per heavy atom. The van der Waals surface area contributed by atoms with E-state index in [1.807, 2.05) is 0 Å². The molecule has 1 rings (SSSR count). The zero-order valence-corrected chi connectivity index (χ0v) is 15.2. The highest BCUT2D eigenvalue weighted by Gasteiger charge is 2.38. The minimum Gasteiger partial charge on any atom is -0.481 e. The number of esters is 1. The van der Waals surface area contributed by atoms with E-state index < -0.39 is 17.8 Å². The fourth-order valence-electron chi connectivity index (χ4n) is 3.39. The minimum absolute atomic E-state index is 0.0809. The van der Waals surface area contributed by atoms with E-state index in [4.69, 9.17) is 4.74 Å². The maximum Gasteiger partial charge on any atom is 0.310 e. The van der Waals surface area contributed by atoms with E-state index in [0.29, 0.717) is 24.7 Å². The third-order valence-electron chi connectivity index (χ3n) is 5.20. The number of hydrogen-bond donors (Lipinski definition) is 1. The average molecular weight is 326 g/mol. The summed E-state index contributed by atoms with van der Waals surface area (Å²) in [6.45, 7) is 8.62. The summed E-state index contributed by atoms with van der Waals surface area (Å²) in [5, 5.41) is 9.34. The van der Waals surface area contributed by atoms with Gasteiger partial charge >= 0.3 is 11.9 Å². The van der Waals surface area contributed by atoms with Gasteiger partial charge in [-0.25, -0.2) is 0 Å². The van der Waals surface area contributed by atoms with E-state index in [-0.39, 0.29) is 12.1 Å². The van der Waals surface area contributed by atoms with E-state index in [1.54, 1.807) is 0 Å². The van der Waals surface area contributed by atoms with Gasteiger partial charge in [0.2, 0.25) is 0 Å². The van der Waals surface area contributed by atoms with Crippen LogP contribution in [-0.2, 0) is 14.3 Å². The molecule has 1 saturated carbocycles. The first kappa shape index (κ1) is 20.0. The SMILES string of the molecule is CCC(C)C(CCCC(C)C)OC(=O)C1CCCCC1C(=O)O. The Balaban J connectivity index is 2.65. The molecule has 0 spiro atoms. The summed E-state index contributed by atoms with van der Waals surface area (Å²) < 4.78 is 5.80. The molecule has 0 aliphatic heterocycles. The molecule has 0 aromatic rings. The lowest BCUT2D eigenvalue weighted by Crippen LogP contribution is -2.37. The molecule has 4 atom stereocenters. The number of carbonyl (C=O) groups excluding carboxylic acids is 1. The summed E-state index contributed by atoms with van der Waals surface area (Å²) >= 11 is 0. The summed E-state index contributed by atoms with van der Waals surface area (Å²) in [7, 11) is 0. The molecule has 0 aromatic heterocycles. The van der Waals surface area contributed by atoms with Crippen LogP contribution in [-0.4, -0.2) is 23.1 Å². The zero-order chi connectivity index (χ0) is 17.4. The number of carboxylic acids is 1. The van der Waals surface area contributed by atoms with Gasteiger partial charge in [0.1, 0.15) is 6.10 Å². The first-order valence-corrected chi connectivity index (χ1v) is 9.30. The van der Waals surface area contributed by atoms with Crippen molar-refractivity contribution in [2.75, 3.05) is 0 Å². The summed E-state index contributed by atoms with van der Waals surface area (Å²) in [6.07, 6.45) is 7.00. The second-order valence-electron chi connectivity index (χ2n) is 7.52. The molecule has 4 unspecified atom stereocenters. The van der Waals surface area contributed by atoms with Crippen LogP contribution in [0.4, 0.5) is 0 Å². The van der Waals surface area contributed by atoms with Gasteiger partial charge in [-0.15, -0.1) is 0 Å². The van der Waals surface area contributed by atoms with Crippen molar-refractivity contribution >= 4 is 11.9 Å². The van der Waals surface area contributed by atoms with Crippen molar-refractivity contribution in [3.63, 3.8) is 0 Å². The van der Waals surface area contributed by atoms with Gasteiger partial charge < -0.3 is 9.84 Å². The van der Waals surface area contributed by atoms with Crippen molar-refractivity contribution in [2.24, 2.45) is 23.7 Å². The Hall–Kier alpha value is -1.06. The van der Waals surface area contributed by atoms with E-state index >= 15 is 0 Å². The molecule has 0 aromatic carbocycles. The lowest BCUT2D eigenvalue weighted by Gasteiger charge is -2.30. The van der Waals surface area contributed by atoms with Crippen LogP contribution in [0.1, 0.15) is 79.1 Å². The lowest BCUT2D eigenvalue weighted by molar-refractivity contribution is -0.166. The molecule has 1 fully saturated rings. The number of rotatable bonds is 9. The second-order valence-corrected chi connectivity index (χ2v) is 7.52. The highest BCUT2D eigenvalue weighted by Crippen LogP contribution is 2.32.